The van der Waals surface area contributed by atoms with E-state index in [1.165, 1.54) is 24.2 Å². The van der Waals surface area contributed by atoms with Crippen LogP contribution in [-0.2, 0) is 11.3 Å². The smallest absolute Gasteiger partial charge is 0.0859 e. The van der Waals surface area contributed by atoms with Crippen LogP contribution in [0.5, 0.6) is 0 Å². The standard InChI is InChI=1S/C14H21N3O/c1-16(2)10-12-13(4-3-7-15-12)17-8-9-18-14(11-17)5-6-14/h3-4,7H,5-6,8-11H2,1-2H3. The summed E-state index contributed by atoms with van der Waals surface area (Å²) >= 11 is 0. The molecule has 1 aromatic rings. The third-order valence-electron chi connectivity index (χ3n) is 3.73. The Kier molecular flexibility index (Phi) is 2.99. The van der Waals surface area contributed by atoms with Crippen molar-refractivity contribution in [1.29, 1.82) is 0 Å². The fourth-order valence-electron chi connectivity index (χ4n) is 2.63. The van der Waals surface area contributed by atoms with Gasteiger partial charge in [0.25, 0.3) is 0 Å². The van der Waals surface area contributed by atoms with Crippen molar-refractivity contribution >= 4 is 5.69 Å². The molecule has 4 heteroatoms. The fraction of sp³-hybridized carbons (Fsp3) is 0.643. The van der Waals surface area contributed by atoms with E-state index in [9.17, 15) is 0 Å². The molecule has 2 fully saturated rings. The number of hydrogen-bond acceptors (Lipinski definition) is 4. The van der Waals surface area contributed by atoms with Crippen LogP contribution < -0.4 is 4.90 Å². The zero-order valence-electron chi connectivity index (χ0n) is 11.2. The summed E-state index contributed by atoms with van der Waals surface area (Å²) in [6.07, 6.45) is 4.31. The third-order valence-corrected chi connectivity index (χ3v) is 3.73. The van der Waals surface area contributed by atoms with Crippen LogP contribution in [0.2, 0.25) is 0 Å². The van der Waals surface area contributed by atoms with Crippen LogP contribution in [0.25, 0.3) is 0 Å². The minimum absolute atomic E-state index is 0.170. The second kappa shape index (κ2) is 4.52. The summed E-state index contributed by atoms with van der Waals surface area (Å²) in [5.41, 5.74) is 2.62. The summed E-state index contributed by atoms with van der Waals surface area (Å²) in [6.45, 7) is 3.74. The number of pyridine rings is 1. The predicted molar refractivity (Wildman–Crippen MR) is 71.8 cm³/mol. The van der Waals surface area contributed by atoms with Crippen LogP contribution in [-0.4, -0.2) is 49.3 Å². The lowest BCUT2D eigenvalue weighted by atomic mass is 10.2. The van der Waals surface area contributed by atoms with Crippen LogP contribution >= 0.6 is 0 Å². The summed E-state index contributed by atoms with van der Waals surface area (Å²) < 4.78 is 5.88. The number of hydrogen-bond donors (Lipinski definition) is 0. The summed E-state index contributed by atoms with van der Waals surface area (Å²) in [5, 5.41) is 0. The van der Waals surface area contributed by atoms with E-state index < -0.39 is 0 Å². The molecule has 0 radical (unpaired) electrons. The van der Waals surface area contributed by atoms with E-state index >= 15 is 0 Å². The number of anilines is 1. The van der Waals surface area contributed by atoms with E-state index in [1.807, 2.05) is 12.3 Å². The maximum Gasteiger partial charge on any atom is 0.0859 e. The van der Waals surface area contributed by atoms with Gasteiger partial charge in [-0.25, -0.2) is 0 Å². The third kappa shape index (κ3) is 2.35. The SMILES string of the molecule is CN(C)Cc1ncccc1N1CCOC2(CC2)C1. The van der Waals surface area contributed by atoms with Crippen LogP contribution in [0.3, 0.4) is 0 Å². The van der Waals surface area contributed by atoms with Crippen molar-refractivity contribution in [3.05, 3.63) is 24.0 Å². The first kappa shape index (κ1) is 11.9. The van der Waals surface area contributed by atoms with E-state index in [0.29, 0.717) is 0 Å². The molecule has 0 amide bonds. The summed E-state index contributed by atoms with van der Waals surface area (Å²) in [6, 6.07) is 4.22. The second-order valence-corrected chi connectivity index (χ2v) is 5.66. The zero-order valence-corrected chi connectivity index (χ0v) is 11.2. The molecule has 1 aromatic heterocycles. The van der Waals surface area contributed by atoms with E-state index in [-0.39, 0.29) is 5.60 Å². The number of nitrogens with zero attached hydrogens (tertiary/aromatic N) is 3. The van der Waals surface area contributed by atoms with Crippen molar-refractivity contribution in [2.24, 2.45) is 0 Å². The monoisotopic (exact) mass is 247 g/mol. The highest BCUT2D eigenvalue weighted by atomic mass is 16.5. The topological polar surface area (TPSA) is 28.6 Å². The van der Waals surface area contributed by atoms with Crippen LogP contribution in [0.4, 0.5) is 5.69 Å². The van der Waals surface area contributed by atoms with Crippen molar-refractivity contribution in [2.75, 3.05) is 38.7 Å². The van der Waals surface area contributed by atoms with Gasteiger partial charge in [0.1, 0.15) is 0 Å². The minimum Gasteiger partial charge on any atom is -0.371 e. The number of ether oxygens (including phenoxy) is 1. The molecular formula is C14H21N3O. The molecule has 1 aliphatic carbocycles. The molecular weight excluding hydrogens is 226 g/mol. The first-order valence-corrected chi connectivity index (χ1v) is 6.66. The van der Waals surface area contributed by atoms with Crippen LogP contribution in [0, 0.1) is 0 Å². The number of morpholine rings is 1. The van der Waals surface area contributed by atoms with Gasteiger partial charge < -0.3 is 14.5 Å². The molecule has 0 unspecified atom stereocenters. The molecule has 98 valence electrons. The molecule has 1 saturated heterocycles. The predicted octanol–water partition coefficient (Wildman–Crippen LogP) is 1.51. The Balaban J connectivity index is 1.82. The fourth-order valence-corrected chi connectivity index (χ4v) is 2.63. The van der Waals surface area contributed by atoms with Crippen molar-refractivity contribution < 1.29 is 4.74 Å². The van der Waals surface area contributed by atoms with Gasteiger partial charge in [0.15, 0.2) is 0 Å². The highest BCUT2D eigenvalue weighted by Crippen LogP contribution is 2.43. The van der Waals surface area contributed by atoms with E-state index in [2.05, 4.69) is 34.9 Å². The Hall–Kier alpha value is -1.13. The highest BCUT2D eigenvalue weighted by Gasteiger charge is 2.47. The maximum absolute atomic E-state index is 5.88. The molecule has 1 spiro atoms. The lowest BCUT2D eigenvalue weighted by Crippen LogP contribution is -2.44. The van der Waals surface area contributed by atoms with Crippen molar-refractivity contribution in [3.63, 3.8) is 0 Å². The lowest BCUT2D eigenvalue weighted by molar-refractivity contribution is 0.0205. The van der Waals surface area contributed by atoms with Crippen molar-refractivity contribution in [1.82, 2.24) is 9.88 Å². The average Bonchev–Trinajstić information content (AvgIpc) is 3.08. The Bertz CT molecular complexity index is 429. The first-order chi connectivity index (χ1) is 8.69. The normalized spacial score (nSPS) is 21.6. The van der Waals surface area contributed by atoms with Gasteiger partial charge in [0, 0.05) is 25.8 Å². The average molecular weight is 247 g/mol. The first-order valence-electron chi connectivity index (χ1n) is 6.66. The van der Waals surface area contributed by atoms with E-state index in [0.717, 1.165) is 26.2 Å². The van der Waals surface area contributed by atoms with Crippen LogP contribution in [0.15, 0.2) is 18.3 Å². The lowest BCUT2D eigenvalue weighted by Gasteiger charge is -2.35. The molecule has 0 N–H and O–H groups in total. The van der Waals surface area contributed by atoms with Gasteiger partial charge in [-0.15, -0.1) is 0 Å². The Morgan fingerprint density at radius 2 is 2.28 bits per heavy atom. The summed E-state index contributed by atoms with van der Waals surface area (Å²) in [4.78, 5) is 9.15. The van der Waals surface area contributed by atoms with Gasteiger partial charge in [-0.3, -0.25) is 4.98 Å². The number of rotatable bonds is 3. The molecule has 0 bridgehead atoms. The van der Waals surface area contributed by atoms with Crippen molar-refractivity contribution in [2.45, 2.75) is 25.0 Å². The van der Waals surface area contributed by atoms with Gasteiger partial charge in [0.2, 0.25) is 0 Å². The van der Waals surface area contributed by atoms with Gasteiger partial charge in [-0.2, -0.15) is 0 Å². The Morgan fingerprint density at radius 1 is 1.44 bits per heavy atom. The van der Waals surface area contributed by atoms with Gasteiger partial charge in [0.05, 0.1) is 23.6 Å². The molecule has 4 nitrogen and oxygen atoms in total. The van der Waals surface area contributed by atoms with Gasteiger partial charge in [-0.1, -0.05) is 0 Å². The Morgan fingerprint density at radius 3 is 3.00 bits per heavy atom. The zero-order chi connectivity index (χ0) is 12.6. The second-order valence-electron chi connectivity index (χ2n) is 5.66. The largest absolute Gasteiger partial charge is 0.371 e. The molecule has 3 rings (SSSR count). The van der Waals surface area contributed by atoms with Crippen molar-refractivity contribution in [3.8, 4) is 0 Å². The highest BCUT2D eigenvalue weighted by molar-refractivity contribution is 5.51. The van der Waals surface area contributed by atoms with Gasteiger partial charge in [-0.05, 0) is 39.1 Å². The molecule has 18 heavy (non-hydrogen) atoms. The van der Waals surface area contributed by atoms with E-state index in [4.69, 9.17) is 4.74 Å². The van der Waals surface area contributed by atoms with Crippen LogP contribution in [0.1, 0.15) is 18.5 Å². The molecule has 1 aliphatic heterocycles. The molecule has 2 heterocycles. The summed E-state index contributed by atoms with van der Waals surface area (Å²) in [5.74, 6) is 0. The number of aromatic nitrogens is 1. The van der Waals surface area contributed by atoms with E-state index in [1.54, 1.807) is 0 Å². The maximum atomic E-state index is 5.88. The minimum atomic E-state index is 0.170. The molecule has 0 aromatic carbocycles. The summed E-state index contributed by atoms with van der Waals surface area (Å²) in [7, 11) is 4.17. The Labute approximate surface area is 109 Å². The molecule has 1 saturated carbocycles. The quantitative estimate of drug-likeness (QED) is 0.809. The van der Waals surface area contributed by atoms with Gasteiger partial charge >= 0.3 is 0 Å². The molecule has 0 atom stereocenters. The molecule has 2 aliphatic rings.